The Morgan fingerprint density at radius 2 is 2.23 bits per heavy atom. The molecule has 1 aliphatic rings. The third-order valence-electron chi connectivity index (χ3n) is 4.67. The van der Waals surface area contributed by atoms with Crippen LogP contribution in [0, 0.1) is 0 Å². The molecule has 134 valence electrons. The summed E-state index contributed by atoms with van der Waals surface area (Å²) in [7, 11) is 1.39. The Kier molecular flexibility index (Phi) is 4.36. The van der Waals surface area contributed by atoms with Gasteiger partial charge < -0.3 is 4.74 Å². The van der Waals surface area contributed by atoms with E-state index in [0.717, 1.165) is 34.5 Å². The highest BCUT2D eigenvalue weighted by Gasteiger charge is 2.46. The molecule has 4 rings (SSSR count). The van der Waals surface area contributed by atoms with E-state index in [-0.39, 0.29) is 17.8 Å². The first-order chi connectivity index (χ1) is 12.6. The lowest BCUT2D eigenvalue weighted by Gasteiger charge is -2.09. The summed E-state index contributed by atoms with van der Waals surface area (Å²) in [6.07, 6.45) is 4.47. The number of hydrogen-bond acceptors (Lipinski definition) is 5. The fourth-order valence-electron chi connectivity index (χ4n) is 3.26. The number of aromatic nitrogens is 5. The first kappa shape index (κ1) is 17.0. The fraction of sp³-hybridized carbons (Fsp3) is 0.333. The zero-order valence-electron chi connectivity index (χ0n) is 14.5. The monoisotopic (exact) mass is 415 g/mol. The van der Waals surface area contributed by atoms with Gasteiger partial charge in [-0.3, -0.25) is 4.68 Å². The van der Waals surface area contributed by atoms with Crippen molar-refractivity contribution >= 4 is 21.9 Å². The second kappa shape index (κ2) is 6.68. The van der Waals surface area contributed by atoms with Crippen LogP contribution in [0.25, 0.3) is 5.69 Å². The number of halogens is 1. The van der Waals surface area contributed by atoms with Crippen molar-refractivity contribution in [1.82, 2.24) is 24.8 Å². The SMILES string of the molecule is CCn1cc([C@@H]2C[C@H]2c2c(C(=O)OC)cnn2-c2cccc(Br)c2)nn1. The summed E-state index contributed by atoms with van der Waals surface area (Å²) in [6, 6.07) is 7.84. The minimum Gasteiger partial charge on any atom is -0.465 e. The Balaban J connectivity index is 1.74. The molecule has 26 heavy (non-hydrogen) atoms. The first-order valence-corrected chi connectivity index (χ1v) is 9.23. The number of nitrogens with zero attached hydrogens (tertiary/aromatic N) is 5. The number of methoxy groups -OCH3 is 1. The molecule has 0 aliphatic heterocycles. The smallest absolute Gasteiger partial charge is 0.341 e. The summed E-state index contributed by atoms with van der Waals surface area (Å²) in [4.78, 5) is 12.3. The van der Waals surface area contributed by atoms with E-state index in [1.165, 1.54) is 7.11 Å². The van der Waals surface area contributed by atoms with Gasteiger partial charge in [-0.15, -0.1) is 5.10 Å². The van der Waals surface area contributed by atoms with Crippen LogP contribution in [0.4, 0.5) is 0 Å². The van der Waals surface area contributed by atoms with Gasteiger partial charge in [0.1, 0.15) is 5.56 Å². The van der Waals surface area contributed by atoms with E-state index in [9.17, 15) is 4.79 Å². The quantitative estimate of drug-likeness (QED) is 0.597. The Bertz CT molecular complexity index is 964. The summed E-state index contributed by atoms with van der Waals surface area (Å²) < 4.78 is 9.55. The van der Waals surface area contributed by atoms with Crippen molar-refractivity contribution in [2.75, 3.05) is 7.11 Å². The zero-order valence-corrected chi connectivity index (χ0v) is 16.0. The van der Waals surface area contributed by atoms with Crippen LogP contribution in [0.5, 0.6) is 0 Å². The van der Waals surface area contributed by atoms with Crippen LogP contribution >= 0.6 is 15.9 Å². The molecule has 0 radical (unpaired) electrons. The summed E-state index contributed by atoms with van der Waals surface area (Å²) >= 11 is 3.49. The van der Waals surface area contributed by atoms with Crippen LogP contribution in [-0.2, 0) is 11.3 Å². The molecule has 1 aromatic carbocycles. The molecule has 7 nitrogen and oxygen atoms in total. The summed E-state index contributed by atoms with van der Waals surface area (Å²) in [5.41, 5.74) is 3.22. The molecule has 1 fully saturated rings. The van der Waals surface area contributed by atoms with Gasteiger partial charge in [0.05, 0.1) is 30.4 Å². The van der Waals surface area contributed by atoms with Crippen molar-refractivity contribution in [3.05, 3.63) is 58.1 Å². The molecule has 2 atom stereocenters. The average molecular weight is 416 g/mol. The van der Waals surface area contributed by atoms with Gasteiger partial charge >= 0.3 is 5.97 Å². The van der Waals surface area contributed by atoms with E-state index >= 15 is 0 Å². The number of rotatable bonds is 5. The number of esters is 1. The maximum Gasteiger partial charge on any atom is 0.341 e. The van der Waals surface area contributed by atoms with Gasteiger partial charge in [-0.1, -0.05) is 27.2 Å². The third-order valence-corrected chi connectivity index (χ3v) is 5.16. The number of hydrogen-bond donors (Lipinski definition) is 0. The van der Waals surface area contributed by atoms with Crippen molar-refractivity contribution in [1.29, 1.82) is 0 Å². The van der Waals surface area contributed by atoms with E-state index in [1.54, 1.807) is 6.20 Å². The van der Waals surface area contributed by atoms with E-state index in [1.807, 2.05) is 46.7 Å². The predicted molar refractivity (Wildman–Crippen MR) is 98.4 cm³/mol. The maximum atomic E-state index is 12.3. The lowest BCUT2D eigenvalue weighted by atomic mass is 10.1. The molecule has 0 saturated heterocycles. The number of ether oxygens (including phenoxy) is 1. The Labute approximate surface area is 159 Å². The number of carbonyl (C=O) groups excluding carboxylic acids is 1. The van der Waals surface area contributed by atoms with Crippen molar-refractivity contribution in [2.24, 2.45) is 0 Å². The van der Waals surface area contributed by atoms with Gasteiger partial charge in [0, 0.05) is 29.1 Å². The highest BCUT2D eigenvalue weighted by Crippen LogP contribution is 2.55. The average Bonchev–Trinajstić information content (AvgIpc) is 3.09. The summed E-state index contributed by atoms with van der Waals surface area (Å²) in [6.45, 7) is 2.81. The largest absolute Gasteiger partial charge is 0.465 e. The number of carbonyl (C=O) groups is 1. The van der Waals surface area contributed by atoms with Gasteiger partial charge in [0.25, 0.3) is 0 Å². The molecule has 0 unspecified atom stereocenters. The van der Waals surface area contributed by atoms with Crippen LogP contribution in [0.1, 0.15) is 46.9 Å². The minimum atomic E-state index is -0.371. The zero-order chi connectivity index (χ0) is 18.3. The second-order valence-corrected chi connectivity index (χ2v) is 7.19. The molecule has 0 bridgehead atoms. The van der Waals surface area contributed by atoms with Crippen molar-refractivity contribution in [2.45, 2.75) is 31.7 Å². The molecule has 1 aliphatic carbocycles. The lowest BCUT2D eigenvalue weighted by molar-refractivity contribution is 0.0599. The standard InChI is InChI=1S/C18H18BrN5O2/c1-3-23-10-16(21-22-23)13-8-14(13)17-15(18(25)26-2)9-20-24(17)12-6-4-5-11(19)7-12/h4-7,9-10,13-14H,3,8H2,1-2H3/t13-,14-/m1/s1. The molecular formula is C18H18BrN5O2. The number of benzene rings is 1. The Morgan fingerprint density at radius 3 is 2.92 bits per heavy atom. The van der Waals surface area contributed by atoms with E-state index in [0.29, 0.717) is 5.56 Å². The van der Waals surface area contributed by atoms with Gasteiger partial charge in [0.2, 0.25) is 0 Å². The Hall–Kier alpha value is -2.48. The molecule has 2 heterocycles. The van der Waals surface area contributed by atoms with E-state index in [2.05, 4.69) is 31.3 Å². The second-order valence-electron chi connectivity index (χ2n) is 6.27. The molecule has 2 aromatic heterocycles. The molecule has 0 amide bonds. The normalized spacial score (nSPS) is 18.7. The van der Waals surface area contributed by atoms with Gasteiger partial charge in [-0.2, -0.15) is 5.10 Å². The molecule has 0 N–H and O–H groups in total. The highest BCUT2D eigenvalue weighted by atomic mass is 79.9. The lowest BCUT2D eigenvalue weighted by Crippen LogP contribution is -2.08. The van der Waals surface area contributed by atoms with Crippen molar-refractivity contribution < 1.29 is 9.53 Å². The minimum absolute atomic E-state index is 0.160. The Morgan fingerprint density at radius 1 is 1.38 bits per heavy atom. The van der Waals surface area contributed by atoms with Crippen molar-refractivity contribution in [3.8, 4) is 5.69 Å². The summed E-state index contributed by atoms with van der Waals surface area (Å²) in [5, 5.41) is 12.9. The van der Waals surface area contributed by atoms with Crippen LogP contribution in [0.3, 0.4) is 0 Å². The van der Waals surface area contributed by atoms with Crippen molar-refractivity contribution in [3.63, 3.8) is 0 Å². The first-order valence-electron chi connectivity index (χ1n) is 8.44. The van der Waals surface area contributed by atoms with Gasteiger partial charge in [0.15, 0.2) is 0 Å². The maximum absolute atomic E-state index is 12.3. The topological polar surface area (TPSA) is 74.8 Å². The van der Waals surface area contributed by atoms with E-state index < -0.39 is 0 Å². The fourth-order valence-corrected chi connectivity index (χ4v) is 3.64. The highest BCUT2D eigenvalue weighted by molar-refractivity contribution is 9.10. The molecule has 3 aromatic rings. The van der Waals surface area contributed by atoms with Gasteiger partial charge in [-0.05, 0) is 31.5 Å². The summed E-state index contributed by atoms with van der Waals surface area (Å²) in [5.74, 6) is 0.0259. The van der Waals surface area contributed by atoms with Crippen LogP contribution in [0.2, 0.25) is 0 Å². The number of aryl methyl sites for hydroxylation is 1. The van der Waals surface area contributed by atoms with Crippen LogP contribution in [-0.4, -0.2) is 37.9 Å². The van der Waals surface area contributed by atoms with Crippen LogP contribution < -0.4 is 0 Å². The van der Waals surface area contributed by atoms with Crippen LogP contribution in [0.15, 0.2) is 41.1 Å². The van der Waals surface area contributed by atoms with E-state index in [4.69, 9.17) is 4.74 Å². The van der Waals surface area contributed by atoms with Gasteiger partial charge in [-0.25, -0.2) is 9.48 Å². The molecule has 0 spiro atoms. The predicted octanol–water partition coefficient (Wildman–Crippen LogP) is 3.30. The molecule has 1 saturated carbocycles. The third kappa shape index (κ3) is 2.94. The molecular weight excluding hydrogens is 398 g/mol. The molecule has 8 heteroatoms.